The Hall–Kier alpha value is -0.280. The van der Waals surface area contributed by atoms with Crippen molar-refractivity contribution < 1.29 is 4.79 Å². The number of nitrogens with zero attached hydrogens (tertiary/aromatic N) is 1. The average molecular weight is 247 g/mol. The van der Waals surface area contributed by atoms with Gasteiger partial charge in [-0.2, -0.15) is 0 Å². The summed E-state index contributed by atoms with van der Waals surface area (Å²) in [6.45, 7) is 4.07. The monoisotopic (exact) mass is 246 g/mol. The van der Waals surface area contributed by atoms with Crippen molar-refractivity contribution in [3.8, 4) is 0 Å². The molecule has 16 heavy (non-hydrogen) atoms. The molecule has 0 radical (unpaired) electrons. The van der Waals surface area contributed by atoms with E-state index in [1.165, 1.54) is 32.1 Å². The van der Waals surface area contributed by atoms with Gasteiger partial charge < -0.3 is 10.2 Å². The lowest BCUT2D eigenvalue weighted by molar-refractivity contribution is -0.135. The Bertz CT molecular complexity index is 225. The van der Waals surface area contributed by atoms with Crippen molar-refractivity contribution in [2.24, 2.45) is 0 Å². The van der Waals surface area contributed by atoms with Crippen molar-refractivity contribution in [2.45, 2.75) is 57.5 Å². The Morgan fingerprint density at radius 1 is 1.31 bits per heavy atom. The van der Waals surface area contributed by atoms with Gasteiger partial charge in [0.05, 0.1) is 0 Å². The van der Waals surface area contributed by atoms with Crippen LogP contribution in [-0.2, 0) is 4.79 Å². The zero-order valence-corrected chi connectivity index (χ0v) is 10.9. The maximum atomic E-state index is 12.1. The van der Waals surface area contributed by atoms with Crippen molar-refractivity contribution in [1.29, 1.82) is 0 Å². The molecule has 0 aromatic rings. The molecule has 4 heteroatoms. The summed E-state index contributed by atoms with van der Waals surface area (Å²) in [5.41, 5.74) is 0. The van der Waals surface area contributed by atoms with Crippen LogP contribution in [0.15, 0.2) is 0 Å². The maximum absolute atomic E-state index is 12.1. The zero-order valence-electron chi connectivity index (χ0n) is 10.1. The molecule has 2 aliphatic rings. The molecule has 0 bridgehead atoms. The second kappa shape index (κ2) is 6.45. The standard InChI is InChI=1S/C12H22N2O.ClH/c1-2-14(11-6-3-7-11)12(15)9-10-5-4-8-13-10;/h10-11,13H,2-9H2,1H3;1H. The van der Waals surface area contributed by atoms with Crippen LogP contribution >= 0.6 is 12.4 Å². The minimum atomic E-state index is 0. The van der Waals surface area contributed by atoms with Gasteiger partial charge in [-0.15, -0.1) is 12.4 Å². The van der Waals surface area contributed by atoms with E-state index in [0.717, 1.165) is 13.1 Å². The summed E-state index contributed by atoms with van der Waals surface area (Å²) in [6.07, 6.45) is 6.86. The highest BCUT2D eigenvalue weighted by atomic mass is 35.5. The molecular weight excluding hydrogens is 224 g/mol. The van der Waals surface area contributed by atoms with Gasteiger partial charge in [0.1, 0.15) is 0 Å². The van der Waals surface area contributed by atoms with Crippen molar-refractivity contribution in [3.63, 3.8) is 0 Å². The van der Waals surface area contributed by atoms with E-state index < -0.39 is 0 Å². The number of halogens is 1. The van der Waals surface area contributed by atoms with Gasteiger partial charge in [0.25, 0.3) is 0 Å². The summed E-state index contributed by atoms with van der Waals surface area (Å²) < 4.78 is 0. The van der Waals surface area contributed by atoms with Crippen LogP contribution < -0.4 is 5.32 Å². The average Bonchev–Trinajstić information content (AvgIpc) is 2.63. The van der Waals surface area contributed by atoms with Crippen LogP contribution in [0.3, 0.4) is 0 Å². The molecule has 2 rings (SSSR count). The van der Waals surface area contributed by atoms with Crippen molar-refractivity contribution >= 4 is 18.3 Å². The fourth-order valence-corrected chi connectivity index (χ4v) is 2.60. The molecule has 0 spiro atoms. The molecule has 1 N–H and O–H groups in total. The molecule has 1 unspecified atom stereocenters. The molecule has 94 valence electrons. The second-order valence-corrected chi connectivity index (χ2v) is 4.76. The number of hydrogen-bond acceptors (Lipinski definition) is 2. The highest BCUT2D eigenvalue weighted by Crippen LogP contribution is 2.25. The third-order valence-corrected chi connectivity index (χ3v) is 3.76. The van der Waals surface area contributed by atoms with E-state index in [9.17, 15) is 4.79 Å². The minimum absolute atomic E-state index is 0. The quantitative estimate of drug-likeness (QED) is 0.823. The molecule has 1 heterocycles. The number of hydrogen-bond donors (Lipinski definition) is 1. The molecular formula is C12H23ClN2O. The Kier molecular flexibility index (Phi) is 5.56. The molecule has 1 aliphatic heterocycles. The molecule has 1 atom stereocenters. The zero-order chi connectivity index (χ0) is 10.7. The van der Waals surface area contributed by atoms with Crippen LogP contribution in [0.25, 0.3) is 0 Å². The van der Waals surface area contributed by atoms with Crippen molar-refractivity contribution in [3.05, 3.63) is 0 Å². The summed E-state index contributed by atoms with van der Waals surface area (Å²) in [5.74, 6) is 0.363. The SMILES string of the molecule is CCN(C(=O)CC1CCCN1)C1CCC1.Cl. The highest BCUT2D eigenvalue weighted by molar-refractivity contribution is 5.85. The van der Waals surface area contributed by atoms with Crippen LogP contribution in [0, 0.1) is 0 Å². The first-order valence-corrected chi connectivity index (χ1v) is 6.34. The first kappa shape index (κ1) is 13.8. The summed E-state index contributed by atoms with van der Waals surface area (Å²) in [7, 11) is 0. The molecule has 3 nitrogen and oxygen atoms in total. The summed E-state index contributed by atoms with van der Waals surface area (Å²) in [6, 6.07) is 1.01. The first-order valence-electron chi connectivity index (χ1n) is 6.34. The van der Waals surface area contributed by atoms with Crippen LogP contribution in [0.2, 0.25) is 0 Å². The number of carbonyl (C=O) groups is 1. The van der Waals surface area contributed by atoms with Crippen LogP contribution in [0.1, 0.15) is 45.4 Å². The number of rotatable bonds is 4. The van der Waals surface area contributed by atoms with Gasteiger partial charge in [0, 0.05) is 25.0 Å². The smallest absolute Gasteiger partial charge is 0.224 e. The van der Waals surface area contributed by atoms with Gasteiger partial charge >= 0.3 is 0 Å². The summed E-state index contributed by atoms with van der Waals surface area (Å²) in [5, 5.41) is 3.39. The van der Waals surface area contributed by atoms with E-state index >= 15 is 0 Å². The van der Waals surface area contributed by atoms with Gasteiger partial charge in [-0.25, -0.2) is 0 Å². The molecule has 1 aliphatic carbocycles. The topological polar surface area (TPSA) is 32.3 Å². The molecule has 1 saturated heterocycles. The van der Waals surface area contributed by atoms with Crippen LogP contribution in [-0.4, -0.2) is 36.0 Å². The van der Waals surface area contributed by atoms with Crippen molar-refractivity contribution in [2.75, 3.05) is 13.1 Å². The molecule has 1 saturated carbocycles. The van der Waals surface area contributed by atoms with Gasteiger partial charge in [0.15, 0.2) is 0 Å². The van der Waals surface area contributed by atoms with Gasteiger partial charge in [0.2, 0.25) is 5.91 Å². The Morgan fingerprint density at radius 2 is 2.06 bits per heavy atom. The van der Waals surface area contributed by atoms with Crippen LogP contribution in [0.5, 0.6) is 0 Å². The summed E-state index contributed by atoms with van der Waals surface area (Å²) >= 11 is 0. The predicted octanol–water partition coefficient (Wildman–Crippen LogP) is 1.95. The lowest BCUT2D eigenvalue weighted by atomic mass is 9.91. The molecule has 2 fully saturated rings. The number of amides is 1. The van der Waals surface area contributed by atoms with E-state index in [2.05, 4.69) is 17.1 Å². The van der Waals surface area contributed by atoms with E-state index in [1.807, 2.05) is 0 Å². The van der Waals surface area contributed by atoms with Crippen molar-refractivity contribution in [1.82, 2.24) is 10.2 Å². The fraction of sp³-hybridized carbons (Fsp3) is 0.917. The van der Waals surface area contributed by atoms with Crippen LogP contribution in [0.4, 0.5) is 0 Å². The van der Waals surface area contributed by atoms with E-state index in [-0.39, 0.29) is 12.4 Å². The molecule has 0 aromatic heterocycles. The first-order chi connectivity index (χ1) is 7.31. The Balaban J connectivity index is 0.00000128. The minimum Gasteiger partial charge on any atom is -0.340 e. The van der Waals surface area contributed by atoms with E-state index in [1.54, 1.807) is 0 Å². The Labute approximate surface area is 104 Å². The summed E-state index contributed by atoms with van der Waals surface area (Å²) in [4.78, 5) is 14.1. The lowest BCUT2D eigenvalue weighted by Gasteiger charge is -2.37. The fourth-order valence-electron chi connectivity index (χ4n) is 2.60. The molecule has 1 amide bonds. The number of carbonyl (C=O) groups excluding carboxylic acids is 1. The lowest BCUT2D eigenvalue weighted by Crippen LogP contribution is -2.45. The third kappa shape index (κ3) is 3.11. The molecule has 0 aromatic carbocycles. The van der Waals surface area contributed by atoms with E-state index in [4.69, 9.17) is 0 Å². The third-order valence-electron chi connectivity index (χ3n) is 3.76. The largest absolute Gasteiger partial charge is 0.340 e. The Morgan fingerprint density at radius 3 is 2.50 bits per heavy atom. The van der Waals surface area contributed by atoms with Gasteiger partial charge in [-0.1, -0.05) is 0 Å². The van der Waals surface area contributed by atoms with E-state index in [0.29, 0.717) is 24.4 Å². The van der Waals surface area contributed by atoms with Gasteiger partial charge in [-0.3, -0.25) is 4.79 Å². The second-order valence-electron chi connectivity index (χ2n) is 4.76. The highest BCUT2D eigenvalue weighted by Gasteiger charge is 2.29. The number of nitrogens with one attached hydrogen (secondary N) is 1. The normalized spacial score (nSPS) is 24.7. The van der Waals surface area contributed by atoms with Gasteiger partial charge in [-0.05, 0) is 45.6 Å². The predicted molar refractivity (Wildman–Crippen MR) is 67.9 cm³/mol. The maximum Gasteiger partial charge on any atom is 0.224 e.